The quantitative estimate of drug-likeness (QED) is 0.537. The van der Waals surface area contributed by atoms with Crippen molar-refractivity contribution in [1.82, 2.24) is 0 Å². The van der Waals surface area contributed by atoms with Gasteiger partial charge in [-0.25, -0.2) is 0 Å². The molecule has 0 aliphatic rings. The molecule has 0 atom stereocenters. The van der Waals surface area contributed by atoms with Crippen molar-refractivity contribution in [3.63, 3.8) is 0 Å². The van der Waals surface area contributed by atoms with Crippen molar-refractivity contribution < 1.29 is 4.79 Å². The van der Waals surface area contributed by atoms with Gasteiger partial charge in [-0.1, -0.05) is 45.2 Å². The second-order valence-corrected chi connectivity index (χ2v) is 1.62. The number of aldehydes is 1. The van der Waals surface area contributed by atoms with Gasteiger partial charge in [0.25, 0.3) is 0 Å². The lowest BCUT2D eigenvalue weighted by molar-refractivity contribution is -0.107. The zero-order valence-corrected chi connectivity index (χ0v) is 8.92. The van der Waals surface area contributed by atoms with Gasteiger partial charge in [0.05, 0.1) is 0 Å². The van der Waals surface area contributed by atoms with E-state index >= 15 is 0 Å². The van der Waals surface area contributed by atoms with Crippen LogP contribution in [0.1, 0.15) is 20.3 Å². The van der Waals surface area contributed by atoms with Gasteiger partial charge in [0.1, 0.15) is 6.29 Å². The monoisotopic (exact) mass is 183 g/mol. The minimum absolute atomic E-state index is 0.407. The number of hydrogen-bond donors (Lipinski definition) is 1. The summed E-state index contributed by atoms with van der Waals surface area (Å²) in [5, 5.41) is 0. The van der Waals surface area contributed by atoms with Crippen LogP contribution in [0.5, 0.6) is 0 Å². The summed E-state index contributed by atoms with van der Waals surface area (Å²) in [6.07, 6.45) is 6.41. The molecule has 0 rings (SSSR count). The Labute approximate surface area is 81.8 Å². The van der Waals surface area contributed by atoms with Crippen LogP contribution in [0, 0.1) is 0 Å². The summed E-state index contributed by atoms with van der Waals surface area (Å²) in [7, 11) is 1.50. The second kappa shape index (κ2) is 22.4. The van der Waals surface area contributed by atoms with Gasteiger partial charge in [0.15, 0.2) is 0 Å². The predicted molar refractivity (Wildman–Crippen MR) is 60.6 cm³/mol. The van der Waals surface area contributed by atoms with Crippen molar-refractivity contribution >= 4 is 6.29 Å². The van der Waals surface area contributed by atoms with E-state index in [1.165, 1.54) is 7.05 Å². The molecule has 0 radical (unpaired) electrons. The molecule has 0 unspecified atom stereocenters. The summed E-state index contributed by atoms with van der Waals surface area (Å²) in [6.45, 7) is 11.1. The summed E-state index contributed by atoms with van der Waals surface area (Å²) in [4.78, 5) is 9.86. The van der Waals surface area contributed by atoms with Gasteiger partial charge in [0.2, 0.25) is 0 Å². The number of hydrogen-bond acceptors (Lipinski definition) is 2. The lowest BCUT2D eigenvalue weighted by Gasteiger charge is -1.85. The highest BCUT2D eigenvalue weighted by molar-refractivity contribution is 5.55. The summed E-state index contributed by atoms with van der Waals surface area (Å²) in [6, 6.07) is 0. The third kappa shape index (κ3) is 24.8. The fourth-order valence-electron chi connectivity index (χ4n) is 0.379. The fourth-order valence-corrected chi connectivity index (χ4v) is 0.379. The molecule has 13 heavy (non-hydrogen) atoms. The van der Waals surface area contributed by atoms with Gasteiger partial charge in [0, 0.05) is 6.42 Å². The minimum atomic E-state index is 0.407. The van der Waals surface area contributed by atoms with Crippen molar-refractivity contribution in [3.8, 4) is 0 Å². The van der Waals surface area contributed by atoms with Gasteiger partial charge in [-0.3, -0.25) is 0 Å². The molecule has 0 heterocycles. The number of carbonyl (C=O) groups is 1. The first-order chi connectivity index (χ1) is 6.31. The highest BCUT2D eigenvalue weighted by atomic mass is 16.1. The van der Waals surface area contributed by atoms with E-state index in [9.17, 15) is 4.79 Å². The first-order valence-corrected chi connectivity index (χ1v) is 4.29. The zero-order chi connectivity index (χ0) is 11.1. The smallest absolute Gasteiger partial charge is 0.124 e. The molecule has 0 aromatic carbocycles. The zero-order valence-electron chi connectivity index (χ0n) is 8.92. The lowest BCUT2D eigenvalue weighted by atomic mass is 10.2. The number of allylic oxidation sites excluding steroid dienone is 4. The highest BCUT2D eigenvalue weighted by Gasteiger charge is 1.81. The molecule has 0 saturated heterocycles. The molecular formula is C11H21NO. The summed E-state index contributed by atoms with van der Waals surface area (Å²) < 4.78 is 0. The Morgan fingerprint density at radius 3 is 2.15 bits per heavy atom. The van der Waals surface area contributed by atoms with Gasteiger partial charge in [-0.15, -0.1) is 0 Å². The SMILES string of the molecule is C=C/C=C\C(=C)CC=O.CC.CN. The molecule has 0 saturated carbocycles. The van der Waals surface area contributed by atoms with Crippen LogP contribution in [-0.4, -0.2) is 13.3 Å². The van der Waals surface area contributed by atoms with Gasteiger partial charge >= 0.3 is 0 Å². The second-order valence-electron chi connectivity index (χ2n) is 1.62. The topological polar surface area (TPSA) is 43.1 Å². The third-order valence-electron chi connectivity index (χ3n) is 0.814. The molecule has 0 aromatic rings. The molecule has 0 bridgehead atoms. The maximum Gasteiger partial charge on any atom is 0.124 e. The first-order valence-electron chi connectivity index (χ1n) is 4.29. The van der Waals surface area contributed by atoms with Crippen LogP contribution in [0.25, 0.3) is 0 Å². The molecule has 0 amide bonds. The Morgan fingerprint density at radius 2 is 1.85 bits per heavy atom. The van der Waals surface area contributed by atoms with Crippen LogP contribution in [0.3, 0.4) is 0 Å². The van der Waals surface area contributed by atoms with E-state index in [1.807, 2.05) is 13.8 Å². The minimum Gasteiger partial charge on any atom is -0.333 e. The largest absolute Gasteiger partial charge is 0.333 e. The molecule has 76 valence electrons. The Kier molecular flexibility index (Phi) is 30.7. The van der Waals surface area contributed by atoms with Crippen LogP contribution in [-0.2, 0) is 4.79 Å². The van der Waals surface area contributed by atoms with E-state index in [0.717, 1.165) is 11.9 Å². The Morgan fingerprint density at radius 1 is 1.38 bits per heavy atom. The lowest BCUT2D eigenvalue weighted by Crippen LogP contribution is -1.74. The number of carbonyl (C=O) groups excluding carboxylic acids is 1. The average Bonchev–Trinajstić information content (AvgIpc) is 2.21. The Balaban J connectivity index is -0.000000218. The molecular weight excluding hydrogens is 162 g/mol. The van der Waals surface area contributed by atoms with Crippen LogP contribution < -0.4 is 5.73 Å². The van der Waals surface area contributed by atoms with Crippen LogP contribution >= 0.6 is 0 Å². The maximum absolute atomic E-state index is 9.86. The highest BCUT2D eigenvalue weighted by Crippen LogP contribution is 1.95. The summed E-state index contributed by atoms with van der Waals surface area (Å²) in [5.41, 5.74) is 5.31. The summed E-state index contributed by atoms with van der Waals surface area (Å²) in [5.74, 6) is 0. The van der Waals surface area contributed by atoms with E-state index in [1.54, 1.807) is 18.2 Å². The van der Waals surface area contributed by atoms with E-state index in [4.69, 9.17) is 0 Å². The molecule has 2 N–H and O–H groups in total. The van der Waals surface area contributed by atoms with Crippen LogP contribution in [0.2, 0.25) is 0 Å². The average molecular weight is 183 g/mol. The molecule has 2 heteroatoms. The molecule has 2 nitrogen and oxygen atoms in total. The van der Waals surface area contributed by atoms with Crippen LogP contribution in [0.15, 0.2) is 37.0 Å². The standard InChI is InChI=1S/C8H10O.C2H6.CH5N/c1-3-4-5-8(2)6-7-9;2*1-2/h3-5,7H,1-2,6H2;1-2H3;2H2,1H3/b5-4-;;. The van der Waals surface area contributed by atoms with Crippen molar-refractivity contribution in [2.75, 3.05) is 7.05 Å². The van der Waals surface area contributed by atoms with E-state index in [0.29, 0.717) is 6.42 Å². The van der Waals surface area contributed by atoms with Crippen molar-refractivity contribution in [2.45, 2.75) is 20.3 Å². The molecule has 0 fully saturated rings. The predicted octanol–water partition coefficient (Wildman–Crippen LogP) is 2.47. The number of nitrogens with two attached hydrogens (primary N) is 1. The Bertz CT molecular complexity index is 148. The normalized spacial score (nSPS) is 7.38. The van der Waals surface area contributed by atoms with Crippen molar-refractivity contribution in [2.24, 2.45) is 5.73 Å². The first kappa shape index (κ1) is 17.8. The van der Waals surface area contributed by atoms with Gasteiger partial charge in [-0.05, 0) is 12.6 Å². The van der Waals surface area contributed by atoms with E-state index in [2.05, 4.69) is 18.9 Å². The molecule has 0 spiro atoms. The number of rotatable bonds is 4. The van der Waals surface area contributed by atoms with Gasteiger partial charge < -0.3 is 10.5 Å². The van der Waals surface area contributed by atoms with Gasteiger partial charge in [-0.2, -0.15) is 0 Å². The van der Waals surface area contributed by atoms with E-state index < -0.39 is 0 Å². The third-order valence-corrected chi connectivity index (χ3v) is 0.814. The van der Waals surface area contributed by atoms with Crippen molar-refractivity contribution in [3.05, 3.63) is 37.0 Å². The molecule has 0 aliphatic heterocycles. The fraction of sp³-hybridized carbons (Fsp3) is 0.364. The Hall–Kier alpha value is -1.15. The van der Waals surface area contributed by atoms with Crippen LogP contribution in [0.4, 0.5) is 0 Å². The molecule has 0 aromatic heterocycles. The molecule has 0 aliphatic carbocycles. The summed E-state index contributed by atoms with van der Waals surface area (Å²) >= 11 is 0. The van der Waals surface area contributed by atoms with Crippen molar-refractivity contribution in [1.29, 1.82) is 0 Å². The maximum atomic E-state index is 9.86. The van der Waals surface area contributed by atoms with E-state index in [-0.39, 0.29) is 0 Å².